The molecule has 0 atom stereocenters. The highest BCUT2D eigenvalue weighted by Crippen LogP contribution is 2.18. The van der Waals surface area contributed by atoms with Crippen molar-refractivity contribution in [1.29, 1.82) is 0 Å². The molecule has 2 heterocycles. The van der Waals surface area contributed by atoms with Gasteiger partial charge in [-0.2, -0.15) is 0 Å². The van der Waals surface area contributed by atoms with Crippen LogP contribution >= 0.6 is 23.2 Å². The summed E-state index contributed by atoms with van der Waals surface area (Å²) in [5.41, 5.74) is 2.54. The maximum Gasteiger partial charge on any atom is 0.244 e. The summed E-state index contributed by atoms with van der Waals surface area (Å²) in [6.07, 6.45) is 5.73. The van der Waals surface area contributed by atoms with Crippen molar-refractivity contribution in [3.63, 3.8) is 0 Å². The van der Waals surface area contributed by atoms with Crippen LogP contribution in [0.25, 0.3) is 11.7 Å². The number of hydrogen-bond acceptors (Lipinski definition) is 2. The minimum absolute atomic E-state index is 0.175. The second kappa shape index (κ2) is 7.51. The molecule has 0 aliphatic carbocycles. The van der Waals surface area contributed by atoms with Gasteiger partial charge in [0, 0.05) is 23.8 Å². The monoisotopic (exact) mass is 359 g/mol. The molecular formula is C18H15Cl2N3O. The number of imidazole rings is 1. The summed E-state index contributed by atoms with van der Waals surface area (Å²) in [5.74, 6) is -0.175. The Labute approximate surface area is 149 Å². The normalized spacial score (nSPS) is 11.2. The Kier molecular flexibility index (Phi) is 5.18. The lowest BCUT2D eigenvalue weighted by atomic mass is 10.1. The standard InChI is InChI=1S/C18H15Cl2N3O/c19-14-6-4-13(5-7-14)10-11-21-17(24)9-8-15-18(20)22-16-3-1-2-12-23(15)16/h1-9,12H,10-11H2,(H,21,24)/b9-8+. The molecule has 1 amide bonds. The Morgan fingerprint density at radius 2 is 1.96 bits per heavy atom. The van der Waals surface area contributed by atoms with Gasteiger partial charge in [0.15, 0.2) is 5.15 Å². The van der Waals surface area contributed by atoms with E-state index in [4.69, 9.17) is 23.2 Å². The van der Waals surface area contributed by atoms with Crippen molar-refractivity contribution in [1.82, 2.24) is 14.7 Å². The molecule has 3 aromatic rings. The molecule has 0 bridgehead atoms. The minimum atomic E-state index is -0.175. The van der Waals surface area contributed by atoms with Gasteiger partial charge in [0.05, 0.1) is 5.69 Å². The van der Waals surface area contributed by atoms with Gasteiger partial charge in [-0.3, -0.25) is 9.20 Å². The van der Waals surface area contributed by atoms with Crippen LogP contribution in [0.3, 0.4) is 0 Å². The molecule has 0 spiro atoms. The zero-order chi connectivity index (χ0) is 16.9. The van der Waals surface area contributed by atoms with E-state index in [2.05, 4.69) is 10.3 Å². The number of nitrogens with zero attached hydrogens (tertiary/aromatic N) is 2. The summed E-state index contributed by atoms with van der Waals surface area (Å²) in [6, 6.07) is 13.2. The summed E-state index contributed by atoms with van der Waals surface area (Å²) in [4.78, 5) is 16.2. The zero-order valence-electron chi connectivity index (χ0n) is 12.7. The Morgan fingerprint density at radius 1 is 1.17 bits per heavy atom. The van der Waals surface area contributed by atoms with E-state index in [9.17, 15) is 4.79 Å². The zero-order valence-corrected chi connectivity index (χ0v) is 14.3. The predicted octanol–water partition coefficient (Wildman–Crippen LogP) is 4.01. The molecule has 0 unspecified atom stereocenters. The van der Waals surface area contributed by atoms with Gasteiger partial charge in [-0.25, -0.2) is 4.98 Å². The quantitative estimate of drug-likeness (QED) is 0.699. The molecule has 0 saturated carbocycles. The van der Waals surface area contributed by atoms with Crippen molar-refractivity contribution in [3.8, 4) is 0 Å². The highest BCUT2D eigenvalue weighted by Gasteiger charge is 2.07. The molecule has 1 N–H and O–H groups in total. The van der Waals surface area contributed by atoms with Crippen LogP contribution < -0.4 is 5.32 Å². The van der Waals surface area contributed by atoms with E-state index in [-0.39, 0.29) is 5.91 Å². The Bertz CT molecular complexity index is 885. The lowest BCUT2D eigenvalue weighted by molar-refractivity contribution is -0.116. The second-order valence-corrected chi connectivity index (χ2v) is 6.01. The van der Waals surface area contributed by atoms with Crippen molar-refractivity contribution in [2.24, 2.45) is 0 Å². The third kappa shape index (κ3) is 3.96. The fourth-order valence-corrected chi connectivity index (χ4v) is 2.70. The van der Waals surface area contributed by atoms with Crippen LogP contribution in [0.4, 0.5) is 0 Å². The molecule has 0 aliphatic heterocycles. The van der Waals surface area contributed by atoms with Gasteiger partial charge in [0.1, 0.15) is 5.65 Å². The average Bonchev–Trinajstić information content (AvgIpc) is 2.90. The SMILES string of the molecule is O=C(/C=C/c1c(Cl)nc2ccccn12)NCCc1ccc(Cl)cc1. The molecule has 24 heavy (non-hydrogen) atoms. The molecular weight excluding hydrogens is 345 g/mol. The highest BCUT2D eigenvalue weighted by molar-refractivity contribution is 6.31. The van der Waals surface area contributed by atoms with Gasteiger partial charge in [-0.15, -0.1) is 0 Å². The first-order valence-corrected chi connectivity index (χ1v) is 8.22. The number of fused-ring (bicyclic) bond motifs is 1. The minimum Gasteiger partial charge on any atom is -0.352 e. The van der Waals surface area contributed by atoms with Crippen molar-refractivity contribution in [2.75, 3.05) is 6.54 Å². The van der Waals surface area contributed by atoms with Crippen LogP contribution in [-0.4, -0.2) is 21.8 Å². The first-order chi connectivity index (χ1) is 11.6. The smallest absolute Gasteiger partial charge is 0.244 e. The maximum atomic E-state index is 11.9. The van der Waals surface area contributed by atoms with E-state index >= 15 is 0 Å². The van der Waals surface area contributed by atoms with Crippen LogP contribution in [0.2, 0.25) is 10.2 Å². The number of nitrogens with one attached hydrogen (secondary N) is 1. The van der Waals surface area contributed by atoms with Crippen molar-refractivity contribution < 1.29 is 4.79 Å². The topological polar surface area (TPSA) is 46.4 Å². The van der Waals surface area contributed by atoms with E-state index in [1.54, 1.807) is 6.08 Å². The first-order valence-electron chi connectivity index (χ1n) is 7.46. The van der Waals surface area contributed by atoms with Gasteiger partial charge in [-0.05, 0) is 42.3 Å². The molecule has 0 saturated heterocycles. The van der Waals surface area contributed by atoms with E-state index in [0.29, 0.717) is 22.4 Å². The molecule has 1 aromatic carbocycles. The summed E-state index contributed by atoms with van der Waals surface area (Å²) in [6.45, 7) is 0.547. The fourth-order valence-electron chi connectivity index (χ4n) is 2.33. The van der Waals surface area contributed by atoms with Gasteiger partial charge >= 0.3 is 0 Å². The van der Waals surface area contributed by atoms with Crippen LogP contribution in [0.15, 0.2) is 54.7 Å². The molecule has 0 fully saturated rings. The number of amides is 1. The number of pyridine rings is 1. The maximum absolute atomic E-state index is 11.9. The molecule has 122 valence electrons. The van der Waals surface area contributed by atoms with Gasteiger partial charge in [0.25, 0.3) is 0 Å². The van der Waals surface area contributed by atoms with Gasteiger partial charge < -0.3 is 5.32 Å². The Morgan fingerprint density at radius 3 is 2.75 bits per heavy atom. The second-order valence-electron chi connectivity index (χ2n) is 5.22. The Balaban J connectivity index is 1.58. The third-order valence-electron chi connectivity index (χ3n) is 3.54. The molecule has 2 aromatic heterocycles. The number of carbonyl (C=O) groups excluding carboxylic acids is 1. The van der Waals surface area contributed by atoms with Crippen molar-refractivity contribution in [2.45, 2.75) is 6.42 Å². The summed E-state index contributed by atoms with van der Waals surface area (Å²) in [5, 5.41) is 3.92. The fraction of sp³-hybridized carbons (Fsp3) is 0.111. The van der Waals surface area contributed by atoms with Gasteiger partial charge in [-0.1, -0.05) is 41.4 Å². The summed E-state index contributed by atoms with van der Waals surface area (Å²) >= 11 is 12.0. The largest absolute Gasteiger partial charge is 0.352 e. The van der Waals surface area contributed by atoms with E-state index < -0.39 is 0 Å². The average molecular weight is 360 g/mol. The lowest BCUT2D eigenvalue weighted by Gasteiger charge is -2.03. The van der Waals surface area contributed by atoms with Crippen molar-refractivity contribution >= 4 is 40.8 Å². The lowest BCUT2D eigenvalue weighted by Crippen LogP contribution is -2.23. The van der Waals surface area contributed by atoms with E-state index in [1.165, 1.54) is 6.08 Å². The third-order valence-corrected chi connectivity index (χ3v) is 4.07. The highest BCUT2D eigenvalue weighted by atomic mass is 35.5. The summed E-state index contributed by atoms with van der Waals surface area (Å²) in [7, 11) is 0. The van der Waals surface area contributed by atoms with Crippen molar-refractivity contribution in [3.05, 3.63) is 76.2 Å². The van der Waals surface area contributed by atoms with Crippen LogP contribution in [0.5, 0.6) is 0 Å². The Hall–Kier alpha value is -2.30. The molecule has 6 heteroatoms. The van der Waals surface area contributed by atoms with E-state index in [0.717, 1.165) is 17.6 Å². The van der Waals surface area contributed by atoms with Crippen LogP contribution in [0.1, 0.15) is 11.3 Å². The number of halogens is 2. The first kappa shape index (κ1) is 16.6. The van der Waals surface area contributed by atoms with Crippen LogP contribution in [-0.2, 0) is 11.2 Å². The number of rotatable bonds is 5. The molecule has 3 rings (SSSR count). The molecule has 0 aliphatic rings. The predicted molar refractivity (Wildman–Crippen MR) is 97.4 cm³/mol. The number of benzene rings is 1. The van der Waals surface area contributed by atoms with E-state index in [1.807, 2.05) is 53.1 Å². The molecule has 4 nitrogen and oxygen atoms in total. The number of carbonyl (C=O) groups is 1. The van der Waals surface area contributed by atoms with Gasteiger partial charge in [0.2, 0.25) is 5.91 Å². The number of aromatic nitrogens is 2. The molecule has 0 radical (unpaired) electrons. The number of hydrogen-bond donors (Lipinski definition) is 1. The van der Waals surface area contributed by atoms with Crippen LogP contribution in [0, 0.1) is 0 Å². The summed E-state index contributed by atoms with van der Waals surface area (Å²) < 4.78 is 1.83.